The van der Waals surface area contributed by atoms with Gasteiger partial charge < -0.3 is 10.1 Å². The van der Waals surface area contributed by atoms with Crippen molar-refractivity contribution in [2.24, 2.45) is 0 Å². The van der Waals surface area contributed by atoms with Crippen LogP contribution in [0.3, 0.4) is 0 Å². The zero-order chi connectivity index (χ0) is 14.5. The first kappa shape index (κ1) is 14.9. The molecule has 1 spiro atoms. The average Bonchev–Trinajstić information content (AvgIpc) is 2.90. The van der Waals surface area contributed by atoms with Crippen molar-refractivity contribution in [3.05, 3.63) is 29.8 Å². The second kappa shape index (κ2) is 6.83. The summed E-state index contributed by atoms with van der Waals surface area (Å²) in [6.07, 6.45) is 11.9. The molecule has 1 aliphatic heterocycles. The number of hydrogen-bond acceptors (Lipinski definition) is 2. The number of hydrogen-bond donors (Lipinski definition) is 1. The number of para-hydroxylation sites is 1. The Hall–Kier alpha value is -1.02. The van der Waals surface area contributed by atoms with Gasteiger partial charge in [0.1, 0.15) is 0 Å². The summed E-state index contributed by atoms with van der Waals surface area (Å²) in [5.74, 6) is 0. The fourth-order valence-electron chi connectivity index (χ4n) is 4.01. The molecule has 1 N–H and O–H groups in total. The van der Waals surface area contributed by atoms with Gasteiger partial charge in [0, 0.05) is 12.2 Å². The largest absolute Gasteiger partial charge is 0.382 e. The van der Waals surface area contributed by atoms with E-state index >= 15 is 0 Å². The van der Waals surface area contributed by atoms with Gasteiger partial charge in [-0.3, -0.25) is 0 Å². The lowest BCUT2D eigenvalue weighted by molar-refractivity contribution is -0.0588. The highest BCUT2D eigenvalue weighted by molar-refractivity contribution is 5.51. The minimum absolute atomic E-state index is 0.244. The van der Waals surface area contributed by atoms with Gasteiger partial charge in [-0.2, -0.15) is 0 Å². The zero-order valence-electron chi connectivity index (χ0n) is 13.4. The molecule has 2 heteroatoms. The van der Waals surface area contributed by atoms with Crippen LogP contribution in [0.15, 0.2) is 24.3 Å². The summed E-state index contributed by atoms with van der Waals surface area (Å²) in [6, 6.07) is 8.71. The lowest BCUT2D eigenvalue weighted by Crippen LogP contribution is -2.33. The van der Waals surface area contributed by atoms with Crippen LogP contribution < -0.4 is 5.32 Å². The third-order valence-corrected chi connectivity index (χ3v) is 5.16. The molecule has 21 heavy (non-hydrogen) atoms. The molecule has 116 valence electrons. The van der Waals surface area contributed by atoms with Crippen LogP contribution in [0.2, 0.25) is 0 Å². The van der Waals surface area contributed by atoms with Crippen molar-refractivity contribution in [2.75, 3.05) is 11.9 Å². The molecule has 1 aromatic carbocycles. The maximum Gasteiger partial charge on any atom is 0.0756 e. The number of nitrogens with one attached hydrogen (secondary N) is 1. The smallest absolute Gasteiger partial charge is 0.0756 e. The van der Waals surface area contributed by atoms with Crippen molar-refractivity contribution in [1.29, 1.82) is 0 Å². The predicted octanol–water partition coefficient (Wildman–Crippen LogP) is 4.93. The molecular formula is C19H29NO. The standard InChI is InChI=1S/C19H29NO/c1-2-8-16-9-4-5-10-18(16)20-15-17-11-14-19(21-17)12-6-3-7-13-19/h4-5,9-10,17,20H,2-3,6-8,11-15H2,1H3. The lowest BCUT2D eigenvalue weighted by Gasteiger charge is -2.33. The number of benzene rings is 1. The Morgan fingerprint density at radius 3 is 2.76 bits per heavy atom. The van der Waals surface area contributed by atoms with Crippen molar-refractivity contribution in [3.63, 3.8) is 0 Å². The fraction of sp³-hybridized carbons (Fsp3) is 0.684. The molecule has 0 amide bonds. The van der Waals surface area contributed by atoms with Gasteiger partial charge in [-0.05, 0) is 43.7 Å². The number of anilines is 1. The quantitative estimate of drug-likeness (QED) is 0.829. The molecule has 0 aromatic heterocycles. The lowest BCUT2D eigenvalue weighted by atomic mass is 9.83. The molecule has 2 aliphatic rings. The van der Waals surface area contributed by atoms with Crippen molar-refractivity contribution >= 4 is 5.69 Å². The highest BCUT2D eigenvalue weighted by atomic mass is 16.5. The zero-order valence-corrected chi connectivity index (χ0v) is 13.4. The molecule has 1 aliphatic carbocycles. The van der Waals surface area contributed by atoms with E-state index < -0.39 is 0 Å². The van der Waals surface area contributed by atoms with E-state index in [-0.39, 0.29) is 5.60 Å². The van der Waals surface area contributed by atoms with Crippen molar-refractivity contribution in [2.45, 2.75) is 76.4 Å². The van der Waals surface area contributed by atoms with Crippen LogP contribution >= 0.6 is 0 Å². The van der Waals surface area contributed by atoms with E-state index in [9.17, 15) is 0 Å². The number of ether oxygens (including phenoxy) is 1. The predicted molar refractivity (Wildman–Crippen MR) is 88.8 cm³/mol. The molecule has 1 saturated carbocycles. The van der Waals surface area contributed by atoms with Gasteiger partial charge in [0.25, 0.3) is 0 Å². The van der Waals surface area contributed by atoms with Crippen LogP contribution in [0, 0.1) is 0 Å². The second-order valence-electron chi connectivity index (χ2n) is 6.81. The van der Waals surface area contributed by atoms with Crippen LogP contribution in [-0.2, 0) is 11.2 Å². The van der Waals surface area contributed by atoms with Gasteiger partial charge >= 0.3 is 0 Å². The molecule has 1 heterocycles. The Bertz CT molecular complexity index is 451. The highest BCUT2D eigenvalue weighted by Gasteiger charge is 2.40. The summed E-state index contributed by atoms with van der Waals surface area (Å²) >= 11 is 0. The van der Waals surface area contributed by atoms with Crippen molar-refractivity contribution in [3.8, 4) is 0 Å². The molecule has 0 radical (unpaired) electrons. The summed E-state index contributed by atoms with van der Waals surface area (Å²) in [7, 11) is 0. The SMILES string of the molecule is CCCc1ccccc1NCC1CCC2(CCCCC2)O1. The molecule has 0 bridgehead atoms. The Morgan fingerprint density at radius 2 is 1.95 bits per heavy atom. The maximum atomic E-state index is 6.45. The summed E-state index contributed by atoms with van der Waals surface area (Å²) in [4.78, 5) is 0. The van der Waals surface area contributed by atoms with Crippen LogP contribution in [0.1, 0.15) is 63.9 Å². The third kappa shape index (κ3) is 3.60. The van der Waals surface area contributed by atoms with Crippen LogP contribution in [-0.4, -0.2) is 18.2 Å². The first-order valence-electron chi connectivity index (χ1n) is 8.81. The van der Waals surface area contributed by atoms with Crippen LogP contribution in [0.5, 0.6) is 0 Å². The van der Waals surface area contributed by atoms with Gasteiger partial charge in [-0.1, -0.05) is 50.8 Å². The van der Waals surface area contributed by atoms with Crippen molar-refractivity contribution in [1.82, 2.24) is 0 Å². The van der Waals surface area contributed by atoms with Gasteiger partial charge in [0.15, 0.2) is 0 Å². The number of rotatable bonds is 5. The summed E-state index contributed by atoms with van der Waals surface area (Å²) in [5.41, 5.74) is 2.98. The highest BCUT2D eigenvalue weighted by Crippen LogP contribution is 2.41. The van der Waals surface area contributed by atoms with Crippen molar-refractivity contribution < 1.29 is 4.74 Å². The van der Waals surface area contributed by atoms with E-state index in [4.69, 9.17) is 4.74 Å². The number of aryl methyl sites for hydroxylation is 1. The van der Waals surface area contributed by atoms with E-state index in [2.05, 4.69) is 36.5 Å². The normalized spacial score (nSPS) is 24.3. The average molecular weight is 287 g/mol. The maximum absolute atomic E-state index is 6.45. The molecule has 1 unspecified atom stereocenters. The Balaban J connectivity index is 1.54. The van der Waals surface area contributed by atoms with Gasteiger partial charge in [0.05, 0.1) is 11.7 Å². The Kier molecular flexibility index (Phi) is 4.84. The Morgan fingerprint density at radius 1 is 1.14 bits per heavy atom. The third-order valence-electron chi connectivity index (χ3n) is 5.16. The van der Waals surface area contributed by atoms with Gasteiger partial charge in [-0.25, -0.2) is 0 Å². The minimum Gasteiger partial charge on any atom is -0.382 e. The van der Waals surface area contributed by atoms with Crippen LogP contribution in [0.4, 0.5) is 5.69 Å². The minimum atomic E-state index is 0.244. The van der Waals surface area contributed by atoms with Gasteiger partial charge in [-0.15, -0.1) is 0 Å². The molecule has 2 fully saturated rings. The van der Waals surface area contributed by atoms with Gasteiger partial charge in [0.2, 0.25) is 0 Å². The molecule has 2 nitrogen and oxygen atoms in total. The summed E-state index contributed by atoms with van der Waals surface area (Å²) < 4.78 is 6.45. The van der Waals surface area contributed by atoms with E-state index in [1.807, 2.05) is 0 Å². The molecule has 1 saturated heterocycles. The molecule has 1 aromatic rings. The molecular weight excluding hydrogens is 258 g/mol. The monoisotopic (exact) mass is 287 g/mol. The summed E-state index contributed by atoms with van der Waals surface area (Å²) in [6.45, 7) is 3.20. The topological polar surface area (TPSA) is 21.3 Å². The van der Waals surface area contributed by atoms with E-state index in [1.54, 1.807) is 0 Å². The van der Waals surface area contributed by atoms with E-state index in [1.165, 1.54) is 62.6 Å². The van der Waals surface area contributed by atoms with E-state index in [0.29, 0.717) is 6.10 Å². The summed E-state index contributed by atoms with van der Waals surface area (Å²) in [5, 5.41) is 3.64. The van der Waals surface area contributed by atoms with E-state index in [0.717, 1.165) is 13.0 Å². The first-order valence-corrected chi connectivity index (χ1v) is 8.81. The van der Waals surface area contributed by atoms with Crippen LogP contribution in [0.25, 0.3) is 0 Å². The fourth-order valence-corrected chi connectivity index (χ4v) is 4.01. The molecule has 3 rings (SSSR count). The second-order valence-corrected chi connectivity index (χ2v) is 6.81. The Labute approximate surface area is 129 Å². The first-order chi connectivity index (χ1) is 10.3. The molecule has 1 atom stereocenters.